The second-order valence-electron chi connectivity index (χ2n) is 13.6. The van der Waals surface area contributed by atoms with Crippen LogP contribution >= 0.6 is 0 Å². The molecule has 0 aliphatic heterocycles. The first-order valence-electron chi connectivity index (χ1n) is 17.7. The van der Waals surface area contributed by atoms with Crippen molar-refractivity contribution in [3.63, 3.8) is 0 Å². The van der Waals surface area contributed by atoms with Crippen molar-refractivity contribution in [3.8, 4) is 11.5 Å². The number of nitrogens with one attached hydrogen (secondary N) is 2. The normalized spacial score (nSPS) is 12.2. The van der Waals surface area contributed by atoms with Gasteiger partial charge in [0.1, 0.15) is 17.1 Å². The molecular formula is C39H56N4O8S. The van der Waals surface area contributed by atoms with Crippen LogP contribution in [0.15, 0.2) is 59.5 Å². The molecule has 0 spiro atoms. The summed E-state index contributed by atoms with van der Waals surface area (Å²) in [7, 11) is 1.03. The Morgan fingerprint density at radius 2 is 1.65 bits per heavy atom. The molecule has 0 bridgehead atoms. The van der Waals surface area contributed by atoms with E-state index in [2.05, 4.69) is 10.6 Å². The summed E-state index contributed by atoms with van der Waals surface area (Å²) in [6, 6.07) is 15.9. The molecule has 4 N–H and O–H groups in total. The molecule has 0 aliphatic rings. The van der Waals surface area contributed by atoms with Gasteiger partial charge in [0.15, 0.2) is 0 Å². The highest BCUT2D eigenvalue weighted by Crippen LogP contribution is 2.38. The zero-order valence-corrected chi connectivity index (χ0v) is 32.7. The highest BCUT2D eigenvalue weighted by atomic mass is 32.2. The van der Waals surface area contributed by atoms with E-state index >= 15 is 0 Å². The predicted octanol–water partition coefficient (Wildman–Crippen LogP) is 7.00. The van der Waals surface area contributed by atoms with Crippen molar-refractivity contribution in [2.75, 3.05) is 52.0 Å². The molecule has 13 heteroatoms. The smallest absolute Gasteiger partial charge is 0.407 e. The highest BCUT2D eigenvalue weighted by Gasteiger charge is 2.25. The van der Waals surface area contributed by atoms with E-state index in [0.717, 1.165) is 47.9 Å². The molecule has 0 heterocycles. The fraction of sp³-hybridized carbons (Fsp3) is 0.487. The Morgan fingerprint density at radius 3 is 2.29 bits per heavy atom. The largest absolute Gasteiger partial charge is 0.494 e. The van der Waals surface area contributed by atoms with Crippen LogP contribution < -0.4 is 25.8 Å². The minimum atomic E-state index is -3.83. The van der Waals surface area contributed by atoms with E-state index in [0.29, 0.717) is 36.0 Å². The van der Waals surface area contributed by atoms with Crippen molar-refractivity contribution in [2.45, 2.75) is 89.7 Å². The zero-order valence-electron chi connectivity index (χ0n) is 31.8. The Balaban J connectivity index is 1.65. The summed E-state index contributed by atoms with van der Waals surface area (Å²) in [4.78, 5) is 24.6. The van der Waals surface area contributed by atoms with Gasteiger partial charge in [-0.3, -0.25) is 4.79 Å². The number of carbonyl (C=O) groups is 2. The van der Waals surface area contributed by atoms with Gasteiger partial charge in [-0.25, -0.2) is 13.2 Å². The molecule has 1 unspecified atom stereocenters. The summed E-state index contributed by atoms with van der Waals surface area (Å²) in [5.41, 5.74) is 10.3. The Kier molecular flexibility index (Phi) is 15.6. The maximum Gasteiger partial charge on any atom is 0.407 e. The maximum absolute atomic E-state index is 13.6. The van der Waals surface area contributed by atoms with Gasteiger partial charge >= 0.3 is 12.1 Å². The van der Waals surface area contributed by atoms with Crippen LogP contribution in [-0.4, -0.2) is 71.4 Å². The van der Waals surface area contributed by atoms with Gasteiger partial charge in [0.05, 0.1) is 43.0 Å². The quantitative estimate of drug-likeness (QED) is 0.0664. The van der Waals surface area contributed by atoms with Crippen molar-refractivity contribution < 1.29 is 37.0 Å². The van der Waals surface area contributed by atoms with Gasteiger partial charge in [-0.2, -0.15) is 4.31 Å². The zero-order chi connectivity index (χ0) is 38.5. The highest BCUT2D eigenvalue weighted by molar-refractivity contribution is 7.89. The summed E-state index contributed by atoms with van der Waals surface area (Å²) >= 11 is 0. The molecule has 0 saturated heterocycles. The second kappa shape index (κ2) is 19.4. The van der Waals surface area contributed by atoms with E-state index in [-0.39, 0.29) is 30.4 Å². The van der Waals surface area contributed by atoms with Crippen LogP contribution in [-0.2, 0) is 30.8 Å². The van der Waals surface area contributed by atoms with Gasteiger partial charge < -0.3 is 35.3 Å². The first-order valence-corrected chi connectivity index (χ1v) is 19.1. The number of nitrogens with zero attached hydrogens (tertiary/aromatic N) is 1. The summed E-state index contributed by atoms with van der Waals surface area (Å²) in [6.07, 6.45) is 3.19. The van der Waals surface area contributed by atoms with Crippen molar-refractivity contribution >= 4 is 33.5 Å². The third kappa shape index (κ3) is 12.3. The Labute approximate surface area is 309 Å². The lowest BCUT2D eigenvalue weighted by molar-refractivity contribution is -0.143. The molecule has 0 aliphatic carbocycles. The molecule has 1 atom stereocenters. The molecule has 3 aromatic rings. The molecule has 3 rings (SSSR count). The minimum absolute atomic E-state index is 0.0632. The molecule has 0 fully saturated rings. The number of hydrogen-bond donors (Lipinski definition) is 3. The number of nitrogen functional groups attached to an aromatic ring is 1. The van der Waals surface area contributed by atoms with Gasteiger partial charge in [-0.05, 0) is 106 Å². The van der Waals surface area contributed by atoms with Crippen molar-refractivity contribution in [2.24, 2.45) is 0 Å². The lowest BCUT2D eigenvalue weighted by Crippen LogP contribution is -2.32. The van der Waals surface area contributed by atoms with E-state index in [1.807, 2.05) is 58.0 Å². The lowest BCUT2D eigenvalue weighted by atomic mass is 9.86. The molecule has 0 saturated carbocycles. The third-order valence-corrected chi connectivity index (χ3v) is 10.2. The van der Waals surface area contributed by atoms with Gasteiger partial charge in [0.2, 0.25) is 10.0 Å². The number of alkyl carbamates (subject to hydrolysis) is 1. The van der Waals surface area contributed by atoms with E-state index in [9.17, 15) is 18.0 Å². The summed E-state index contributed by atoms with van der Waals surface area (Å²) in [5, 5.41) is 5.81. The van der Waals surface area contributed by atoms with Gasteiger partial charge in [-0.1, -0.05) is 31.0 Å². The maximum atomic E-state index is 13.6. The van der Waals surface area contributed by atoms with Crippen LogP contribution in [0.2, 0.25) is 0 Å². The van der Waals surface area contributed by atoms with Crippen LogP contribution in [0, 0.1) is 6.92 Å². The number of rotatable bonds is 19. The number of anilines is 2. The van der Waals surface area contributed by atoms with Gasteiger partial charge in [0.25, 0.3) is 0 Å². The van der Waals surface area contributed by atoms with Crippen LogP contribution in [0.5, 0.6) is 11.5 Å². The van der Waals surface area contributed by atoms with E-state index < -0.39 is 27.6 Å². The predicted molar refractivity (Wildman–Crippen MR) is 205 cm³/mol. The number of nitrogens with two attached hydrogens (primary N) is 1. The summed E-state index contributed by atoms with van der Waals surface area (Å²) < 4.78 is 50.6. The summed E-state index contributed by atoms with van der Waals surface area (Å²) in [5.74, 6) is 0.352. The Bertz CT molecular complexity index is 1740. The lowest BCUT2D eigenvalue weighted by Gasteiger charge is -2.23. The van der Waals surface area contributed by atoms with Crippen LogP contribution in [0.25, 0.3) is 0 Å². The molecular weight excluding hydrogens is 685 g/mol. The number of unbranched alkanes of at least 4 members (excludes halogenated alkanes) is 3. The third-order valence-electron chi connectivity index (χ3n) is 8.41. The Hall–Kier alpha value is -4.49. The number of ether oxygens (including phenoxy) is 4. The molecule has 3 aromatic carbocycles. The number of methoxy groups -OCH3 is 1. The first-order chi connectivity index (χ1) is 24.6. The number of esters is 1. The number of hydrogen-bond acceptors (Lipinski definition) is 10. The van der Waals surface area contributed by atoms with Gasteiger partial charge in [0, 0.05) is 33.1 Å². The average molecular weight is 741 g/mol. The number of carbonyl (C=O) groups excluding carboxylic acids is 2. The number of benzene rings is 3. The number of aryl methyl sites for hydroxylation is 1. The number of sulfonamides is 1. The van der Waals surface area contributed by atoms with E-state index in [1.165, 1.54) is 4.31 Å². The second-order valence-corrected chi connectivity index (χ2v) is 15.7. The van der Waals surface area contributed by atoms with E-state index in [4.69, 9.17) is 24.7 Å². The Morgan fingerprint density at radius 1 is 0.962 bits per heavy atom. The molecule has 52 heavy (non-hydrogen) atoms. The van der Waals surface area contributed by atoms with Crippen molar-refractivity contribution in [1.29, 1.82) is 0 Å². The monoisotopic (exact) mass is 740 g/mol. The molecule has 0 aromatic heterocycles. The van der Waals surface area contributed by atoms with Crippen LogP contribution in [0.4, 0.5) is 16.2 Å². The average Bonchev–Trinajstić information content (AvgIpc) is 3.08. The van der Waals surface area contributed by atoms with Crippen LogP contribution in [0.3, 0.4) is 0 Å². The topological polar surface area (TPSA) is 159 Å². The fourth-order valence-corrected chi connectivity index (χ4v) is 6.82. The molecule has 12 nitrogen and oxygen atoms in total. The molecule has 1 amide bonds. The first kappa shape index (κ1) is 41.9. The fourth-order valence-electron chi connectivity index (χ4n) is 5.67. The molecule has 286 valence electrons. The standard InChI is InChI=1S/C39H56N4O8S/c1-9-49-36(44)25-33(29-23-34(40)37(41-6)35(24-29)48-8)28-15-14-27(2)30(22-28)26-43(7)52(46,47)32-18-16-31(17-19-32)50-21-13-11-10-12-20-42-38(45)51-39(3,4)5/h14-19,22-24,33,41H,9-13,20-21,25-26,40H2,1-8H3,(H,42,45). The minimum Gasteiger partial charge on any atom is -0.494 e. The number of amides is 1. The van der Waals surface area contributed by atoms with Crippen LogP contribution in [0.1, 0.15) is 88.0 Å². The van der Waals surface area contributed by atoms with Gasteiger partial charge in [-0.15, -0.1) is 0 Å². The summed E-state index contributed by atoms with van der Waals surface area (Å²) in [6.45, 7) is 10.6. The SMILES string of the molecule is CCOC(=O)CC(c1ccc(C)c(CN(C)S(=O)(=O)c2ccc(OCCCCCCNC(=O)OC(C)(C)C)cc2)c1)c1cc(N)c(NC)c(OC)c1. The van der Waals surface area contributed by atoms with Crippen molar-refractivity contribution in [3.05, 3.63) is 76.9 Å². The molecule has 0 radical (unpaired) electrons. The van der Waals surface area contributed by atoms with E-state index in [1.54, 1.807) is 52.4 Å². The van der Waals surface area contributed by atoms with Crippen molar-refractivity contribution in [1.82, 2.24) is 9.62 Å².